The zero-order valence-corrected chi connectivity index (χ0v) is 10.00. The Morgan fingerprint density at radius 3 is 2.72 bits per heavy atom. The van der Waals surface area contributed by atoms with Gasteiger partial charge in [0.05, 0.1) is 13.7 Å². The zero-order valence-electron chi connectivity index (χ0n) is 10.00. The van der Waals surface area contributed by atoms with Gasteiger partial charge in [-0.15, -0.1) is 0 Å². The van der Waals surface area contributed by atoms with Crippen molar-refractivity contribution in [2.45, 2.75) is 18.4 Å². The quantitative estimate of drug-likeness (QED) is 0.354. The van der Waals surface area contributed by atoms with Crippen molar-refractivity contribution < 1.29 is 14.3 Å². The Bertz CT molecular complexity index is 494. The van der Waals surface area contributed by atoms with Crippen LogP contribution in [0.4, 0.5) is 0 Å². The van der Waals surface area contributed by atoms with E-state index < -0.39 is 5.60 Å². The van der Waals surface area contributed by atoms with E-state index in [4.69, 9.17) is 15.0 Å². The average molecular weight is 247 g/mol. The Hall–Kier alpha value is -2.20. The minimum atomic E-state index is -0.824. The summed E-state index contributed by atoms with van der Waals surface area (Å²) >= 11 is 0. The van der Waals surface area contributed by atoms with Crippen LogP contribution in [0.5, 0.6) is 5.75 Å². The van der Waals surface area contributed by atoms with E-state index in [2.05, 4.69) is 10.0 Å². The Labute approximate surface area is 104 Å². The smallest absolute Gasteiger partial charge is 0.306 e. The van der Waals surface area contributed by atoms with Gasteiger partial charge in [0.15, 0.2) is 0 Å². The third-order valence-electron chi connectivity index (χ3n) is 3.05. The van der Waals surface area contributed by atoms with E-state index in [1.807, 2.05) is 12.1 Å². The van der Waals surface area contributed by atoms with Crippen LogP contribution in [0.3, 0.4) is 0 Å². The van der Waals surface area contributed by atoms with E-state index in [1.165, 1.54) is 0 Å². The summed E-state index contributed by atoms with van der Waals surface area (Å²) in [6.45, 7) is 0.113. The maximum Gasteiger partial charge on any atom is 0.306 e. The average Bonchev–Trinajstić information content (AvgIpc) is 2.79. The number of esters is 1. The molecule has 2 rings (SSSR count). The van der Waals surface area contributed by atoms with Crippen molar-refractivity contribution in [3.8, 4) is 5.75 Å². The topological polar surface area (TPSA) is 84.3 Å². The number of cyclic esters (lactones) is 1. The number of rotatable bonds is 4. The molecule has 1 aliphatic rings. The Balaban J connectivity index is 2.33. The number of benzene rings is 1. The Morgan fingerprint density at radius 1 is 1.50 bits per heavy atom. The molecule has 1 aromatic carbocycles. The molecular weight excluding hydrogens is 234 g/mol. The van der Waals surface area contributed by atoms with Crippen molar-refractivity contribution in [1.29, 1.82) is 0 Å². The van der Waals surface area contributed by atoms with E-state index in [1.54, 1.807) is 19.2 Å². The third kappa shape index (κ3) is 2.24. The first kappa shape index (κ1) is 12.3. The minimum absolute atomic E-state index is 0.113. The van der Waals surface area contributed by atoms with Crippen LogP contribution in [0, 0.1) is 0 Å². The molecular formula is C12H13N3O3. The van der Waals surface area contributed by atoms with E-state index in [9.17, 15) is 4.79 Å². The zero-order chi connectivity index (χ0) is 13.0. The summed E-state index contributed by atoms with van der Waals surface area (Å²) in [6, 6.07) is 7.23. The van der Waals surface area contributed by atoms with Crippen LogP contribution in [0.2, 0.25) is 0 Å². The maximum absolute atomic E-state index is 11.3. The monoisotopic (exact) mass is 247 g/mol. The SMILES string of the molecule is COc1ccc(C2(CN=[N+]=[N-])CCC(=O)O2)cc1. The molecule has 1 unspecified atom stereocenters. The number of ether oxygens (including phenoxy) is 2. The van der Waals surface area contributed by atoms with Crippen LogP contribution < -0.4 is 4.74 Å². The highest BCUT2D eigenvalue weighted by molar-refractivity contribution is 5.72. The molecule has 0 aliphatic carbocycles. The van der Waals surface area contributed by atoms with Gasteiger partial charge in [0, 0.05) is 17.8 Å². The standard InChI is InChI=1S/C12H13N3O3/c1-17-10-4-2-9(3-5-10)12(8-14-15-13)7-6-11(16)18-12/h2-5H,6-8H2,1H3. The van der Waals surface area contributed by atoms with Gasteiger partial charge in [-0.1, -0.05) is 17.2 Å². The van der Waals surface area contributed by atoms with Crippen LogP contribution in [-0.4, -0.2) is 19.6 Å². The largest absolute Gasteiger partial charge is 0.497 e. The van der Waals surface area contributed by atoms with E-state index >= 15 is 0 Å². The van der Waals surface area contributed by atoms with Gasteiger partial charge >= 0.3 is 5.97 Å². The van der Waals surface area contributed by atoms with Crippen LogP contribution in [-0.2, 0) is 15.1 Å². The van der Waals surface area contributed by atoms with Gasteiger partial charge in [0.1, 0.15) is 11.4 Å². The molecule has 0 spiro atoms. The third-order valence-corrected chi connectivity index (χ3v) is 3.05. The molecule has 6 heteroatoms. The van der Waals surface area contributed by atoms with Gasteiger partial charge in [-0.2, -0.15) is 0 Å². The number of nitrogens with zero attached hydrogens (tertiary/aromatic N) is 3. The Morgan fingerprint density at radius 2 is 2.22 bits per heavy atom. The predicted molar refractivity (Wildman–Crippen MR) is 64.0 cm³/mol. The molecule has 0 saturated carbocycles. The molecule has 1 atom stereocenters. The lowest BCUT2D eigenvalue weighted by molar-refractivity contribution is -0.148. The molecule has 1 fully saturated rings. The van der Waals surface area contributed by atoms with Gasteiger partial charge < -0.3 is 9.47 Å². The van der Waals surface area contributed by atoms with Gasteiger partial charge in [-0.3, -0.25) is 4.79 Å². The maximum atomic E-state index is 11.3. The van der Waals surface area contributed by atoms with Gasteiger partial charge in [-0.05, 0) is 23.2 Å². The summed E-state index contributed by atoms with van der Waals surface area (Å²) in [7, 11) is 1.58. The molecule has 1 aliphatic heterocycles. The highest BCUT2D eigenvalue weighted by atomic mass is 16.6. The van der Waals surface area contributed by atoms with Crippen molar-refractivity contribution in [1.82, 2.24) is 0 Å². The number of hydrogen-bond acceptors (Lipinski definition) is 4. The number of carbonyl (C=O) groups is 1. The molecule has 94 valence electrons. The van der Waals surface area contributed by atoms with Gasteiger partial charge in [0.2, 0.25) is 0 Å². The van der Waals surface area contributed by atoms with Crippen molar-refractivity contribution in [2.75, 3.05) is 13.7 Å². The van der Waals surface area contributed by atoms with Crippen molar-refractivity contribution >= 4 is 5.97 Å². The van der Waals surface area contributed by atoms with Crippen LogP contribution in [0.1, 0.15) is 18.4 Å². The molecule has 6 nitrogen and oxygen atoms in total. The van der Waals surface area contributed by atoms with E-state index in [0.29, 0.717) is 12.8 Å². The Kier molecular flexibility index (Phi) is 3.39. The molecule has 0 amide bonds. The summed E-state index contributed by atoms with van der Waals surface area (Å²) in [4.78, 5) is 14.1. The minimum Gasteiger partial charge on any atom is -0.497 e. The second-order valence-electron chi connectivity index (χ2n) is 4.09. The summed E-state index contributed by atoms with van der Waals surface area (Å²) < 4.78 is 10.4. The summed E-state index contributed by atoms with van der Waals surface area (Å²) in [6.07, 6.45) is 0.865. The molecule has 18 heavy (non-hydrogen) atoms. The number of methoxy groups -OCH3 is 1. The summed E-state index contributed by atoms with van der Waals surface area (Å²) in [5, 5.41) is 3.55. The number of hydrogen-bond donors (Lipinski definition) is 0. The van der Waals surface area contributed by atoms with Crippen LogP contribution in [0.25, 0.3) is 10.4 Å². The lowest BCUT2D eigenvalue weighted by Gasteiger charge is -2.26. The first-order chi connectivity index (χ1) is 8.70. The fourth-order valence-corrected chi connectivity index (χ4v) is 2.07. The normalized spacial score (nSPS) is 22.2. The van der Waals surface area contributed by atoms with Crippen molar-refractivity contribution in [3.63, 3.8) is 0 Å². The molecule has 0 bridgehead atoms. The van der Waals surface area contributed by atoms with E-state index in [-0.39, 0.29) is 12.5 Å². The van der Waals surface area contributed by atoms with E-state index in [0.717, 1.165) is 11.3 Å². The molecule has 0 radical (unpaired) electrons. The second kappa shape index (κ2) is 4.98. The van der Waals surface area contributed by atoms with Crippen LogP contribution >= 0.6 is 0 Å². The first-order valence-corrected chi connectivity index (χ1v) is 5.57. The summed E-state index contributed by atoms with van der Waals surface area (Å²) in [5.74, 6) is 0.459. The second-order valence-corrected chi connectivity index (χ2v) is 4.09. The molecule has 1 aromatic rings. The molecule has 1 saturated heterocycles. The van der Waals surface area contributed by atoms with Crippen LogP contribution in [0.15, 0.2) is 29.4 Å². The van der Waals surface area contributed by atoms with Crippen molar-refractivity contribution in [2.24, 2.45) is 5.11 Å². The molecule has 1 heterocycles. The summed E-state index contributed by atoms with van der Waals surface area (Å²) in [5.41, 5.74) is 8.43. The molecule has 0 N–H and O–H groups in total. The fraction of sp³-hybridized carbons (Fsp3) is 0.417. The fourth-order valence-electron chi connectivity index (χ4n) is 2.07. The van der Waals surface area contributed by atoms with Gasteiger partial charge in [-0.25, -0.2) is 0 Å². The number of carbonyl (C=O) groups excluding carboxylic acids is 1. The number of azide groups is 1. The molecule has 0 aromatic heterocycles. The predicted octanol–water partition coefficient (Wildman–Crippen LogP) is 2.54. The highest BCUT2D eigenvalue weighted by Crippen LogP contribution is 2.37. The van der Waals surface area contributed by atoms with Crippen molar-refractivity contribution in [3.05, 3.63) is 40.3 Å². The lowest BCUT2D eigenvalue weighted by Crippen LogP contribution is -2.29. The van der Waals surface area contributed by atoms with Gasteiger partial charge in [0.25, 0.3) is 0 Å². The first-order valence-electron chi connectivity index (χ1n) is 5.57. The highest BCUT2D eigenvalue weighted by Gasteiger charge is 2.41. The lowest BCUT2D eigenvalue weighted by atomic mass is 9.91.